The topological polar surface area (TPSA) is 65.8 Å². The molecule has 0 aliphatic carbocycles. The highest BCUT2D eigenvalue weighted by Gasteiger charge is 2.15. The Kier molecular flexibility index (Phi) is 4.25. The monoisotopic (exact) mass is 223 g/mol. The fourth-order valence-electron chi connectivity index (χ4n) is 1.12. The number of hydrogen-bond acceptors (Lipinski definition) is 4. The summed E-state index contributed by atoms with van der Waals surface area (Å²) in [5.41, 5.74) is 2.68. The molecule has 1 unspecified atom stereocenters. The second kappa shape index (κ2) is 5.47. The van der Waals surface area contributed by atoms with Crippen LogP contribution in [0.2, 0.25) is 0 Å². The van der Waals surface area contributed by atoms with Crippen LogP contribution in [0.25, 0.3) is 0 Å². The van der Waals surface area contributed by atoms with Crippen LogP contribution >= 0.6 is 11.3 Å². The minimum Gasteiger partial charge on any atom is -0.350 e. The van der Waals surface area contributed by atoms with Crippen molar-refractivity contribution in [2.45, 2.75) is 26.8 Å². The molecule has 0 aromatic carbocycles. The third-order valence-electron chi connectivity index (χ3n) is 2.15. The molecular formula is C10H13N3OS. The van der Waals surface area contributed by atoms with E-state index in [9.17, 15) is 4.79 Å². The van der Waals surface area contributed by atoms with Gasteiger partial charge in [-0.25, -0.2) is 4.98 Å². The van der Waals surface area contributed by atoms with E-state index in [1.165, 1.54) is 11.3 Å². The lowest BCUT2D eigenvalue weighted by Crippen LogP contribution is -2.29. The number of thiazole rings is 1. The van der Waals surface area contributed by atoms with E-state index >= 15 is 0 Å². The summed E-state index contributed by atoms with van der Waals surface area (Å²) in [4.78, 5) is 16.6. The Morgan fingerprint density at radius 1 is 1.80 bits per heavy atom. The minimum absolute atomic E-state index is 0.201. The van der Waals surface area contributed by atoms with E-state index in [-0.39, 0.29) is 5.91 Å². The van der Waals surface area contributed by atoms with Gasteiger partial charge in [-0.2, -0.15) is 5.26 Å². The number of aryl methyl sites for hydroxylation is 1. The third-order valence-corrected chi connectivity index (χ3v) is 3.08. The number of carbonyl (C=O) groups is 1. The van der Waals surface area contributed by atoms with E-state index < -0.39 is 5.92 Å². The van der Waals surface area contributed by atoms with Crippen molar-refractivity contribution in [2.75, 3.05) is 0 Å². The molecule has 1 heterocycles. The van der Waals surface area contributed by atoms with Crippen LogP contribution in [0, 0.1) is 24.2 Å². The van der Waals surface area contributed by atoms with Gasteiger partial charge in [0.2, 0.25) is 5.91 Å². The first-order valence-corrected chi connectivity index (χ1v) is 5.63. The van der Waals surface area contributed by atoms with Crippen LogP contribution in [0.15, 0.2) is 5.51 Å². The fraction of sp³-hybridized carbons (Fsp3) is 0.500. The number of nitriles is 1. The molecule has 1 aromatic rings. The number of carbonyl (C=O) groups excluding carboxylic acids is 1. The molecule has 1 N–H and O–H groups in total. The summed E-state index contributed by atoms with van der Waals surface area (Å²) in [7, 11) is 0. The Morgan fingerprint density at radius 2 is 2.53 bits per heavy atom. The Labute approximate surface area is 92.9 Å². The zero-order chi connectivity index (χ0) is 11.3. The Bertz CT molecular complexity index is 380. The molecule has 0 aliphatic rings. The maximum Gasteiger partial charge on any atom is 0.237 e. The highest BCUT2D eigenvalue weighted by atomic mass is 32.1. The molecule has 1 aromatic heterocycles. The standard InChI is InChI=1S/C10H13N3OS/c1-3-8(4-11)10(14)12-5-9-7(2)13-6-15-9/h6,8H,3,5H2,1-2H3,(H,12,14). The lowest BCUT2D eigenvalue weighted by Gasteiger charge is -2.06. The van der Waals surface area contributed by atoms with E-state index in [0.29, 0.717) is 13.0 Å². The van der Waals surface area contributed by atoms with Crippen molar-refractivity contribution < 1.29 is 4.79 Å². The summed E-state index contributed by atoms with van der Waals surface area (Å²) in [5.74, 6) is -0.744. The largest absolute Gasteiger partial charge is 0.350 e. The van der Waals surface area contributed by atoms with Crippen LogP contribution in [-0.2, 0) is 11.3 Å². The van der Waals surface area contributed by atoms with Crippen molar-refractivity contribution in [2.24, 2.45) is 5.92 Å². The summed E-state index contributed by atoms with van der Waals surface area (Å²) in [6, 6.07) is 1.97. The second-order valence-electron chi connectivity index (χ2n) is 3.17. The van der Waals surface area contributed by atoms with Crippen molar-refractivity contribution in [3.8, 4) is 6.07 Å². The lowest BCUT2D eigenvalue weighted by molar-refractivity contribution is -0.123. The summed E-state index contributed by atoms with van der Waals surface area (Å²) in [6.07, 6.45) is 0.546. The summed E-state index contributed by atoms with van der Waals surface area (Å²) >= 11 is 1.51. The van der Waals surface area contributed by atoms with Gasteiger partial charge in [-0.15, -0.1) is 11.3 Å². The van der Waals surface area contributed by atoms with Crippen molar-refractivity contribution in [1.29, 1.82) is 5.26 Å². The first-order valence-electron chi connectivity index (χ1n) is 4.75. The summed E-state index contributed by atoms with van der Waals surface area (Å²) in [6.45, 7) is 4.19. The predicted molar refractivity (Wildman–Crippen MR) is 58.1 cm³/mol. The van der Waals surface area contributed by atoms with Gasteiger partial charge in [0.25, 0.3) is 0 Å². The lowest BCUT2D eigenvalue weighted by atomic mass is 10.1. The average molecular weight is 223 g/mol. The van der Waals surface area contributed by atoms with Crippen molar-refractivity contribution >= 4 is 17.2 Å². The van der Waals surface area contributed by atoms with Gasteiger partial charge in [-0.3, -0.25) is 4.79 Å². The molecule has 0 saturated heterocycles. The molecule has 0 aliphatic heterocycles. The molecule has 0 spiro atoms. The first kappa shape index (κ1) is 11.7. The molecule has 80 valence electrons. The van der Waals surface area contributed by atoms with Crippen LogP contribution in [0.4, 0.5) is 0 Å². The number of nitrogens with one attached hydrogen (secondary N) is 1. The second-order valence-corrected chi connectivity index (χ2v) is 4.11. The number of amides is 1. The molecule has 5 heteroatoms. The zero-order valence-electron chi connectivity index (χ0n) is 8.78. The molecule has 1 atom stereocenters. The molecule has 0 radical (unpaired) electrons. The van der Waals surface area contributed by atoms with Crippen LogP contribution < -0.4 is 5.32 Å². The van der Waals surface area contributed by atoms with Gasteiger partial charge < -0.3 is 5.32 Å². The van der Waals surface area contributed by atoms with E-state index in [0.717, 1.165) is 10.6 Å². The van der Waals surface area contributed by atoms with Crippen LogP contribution in [0.3, 0.4) is 0 Å². The van der Waals surface area contributed by atoms with Crippen molar-refractivity contribution in [1.82, 2.24) is 10.3 Å². The smallest absolute Gasteiger partial charge is 0.237 e. The molecule has 0 fully saturated rings. The van der Waals surface area contributed by atoms with E-state index in [4.69, 9.17) is 5.26 Å². The number of rotatable bonds is 4. The molecule has 1 amide bonds. The number of nitrogens with zero attached hydrogens (tertiary/aromatic N) is 2. The molecule has 1 rings (SSSR count). The molecule has 0 saturated carbocycles. The van der Waals surface area contributed by atoms with Crippen molar-refractivity contribution in [3.05, 3.63) is 16.1 Å². The highest BCUT2D eigenvalue weighted by molar-refractivity contribution is 7.09. The number of hydrogen-bond donors (Lipinski definition) is 1. The minimum atomic E-state index is -0.543. The van der Waals surface area contributed by atoms with Gasteiger partial charge >= 0.3 is 0 Å². The van der Waals surface area contributed by atoms with Gasteiger partial charge in [0, 0.05) is 4.88 Å². The average Bonchev–Trinajstić information content (AvgIpc) is 2.63. The SMILES string of the molecule is CCC(C#N)C(=O)NCc1scnc1C. The van der Waals surface area contributed by atoms with E-state index in [1.54, 1.807) is 5.51 Å². The van der Waals surface area contributed by atoms with Gasteiger partial charge in [0.15, 0.2) is 0 Å². The maximum atomic E-state index is 11.5. The fourth-order valence-corrected chi connectivity index (χ4v) is 1.84. The number of aromatic nitrogens is 1. The van der Waals surface area contributed by atoms with E-state index in [2.05, 4.69) is 10.3 Å². The van der Waals surface area contributed by atoms with Crippen LogP contribution in [0.5, 0.6) is 0 Å². The molecule has 0 bridgehead atoms. The van der Waals surface area contributed by atoms with Gasteiger partial charge in [0.05, 0.1) is 23.8 Å². The predicted octanol–water partition coefficient (Wildman–Crippen LogP) is 1.62. The first-order chi connectivity index (χ1) is 7.19. The highest BCUT2D eigenvalue weighted by Crippen LogP contribution is 2.11. The Morgan fingerprint density at radius 3 is 3.00 bits per heavy atom. The van der Waals surface area contributed by atoms with Crippen LogP contribution in [0.1, 0.15) is 23.9 Å². The third kappa shape index (κ3) is 3.03. The Balaban J connectivity index is 2.48. The normalized spacial score (nSPS) is 11.8. The van der Waals surface area contributed by atoms with Crippen LogP contribution in [-0.4, -0.2) is 10.9 Å². The Hall–Kier alpha value is -1.41. The zero-order valence-corrected chi connectivity index (χ0v) is 9.60. The summed E-state index contributed by atoms with van der Waals surface area (Å²) < 4.78 is 0. The maximum absolute atomic E-state index is 11.5. The quantitative estimate of drug-likeness (QED) is 0.843. The van der Waals surface area contributed by atoms with Gasteiger partial charge in [-0.05, 0) is 13.3 Å². The molecular weight excluding hydrogens is 210 g/mol. The van der Waals surface area contributed by atoms with Gasteiger partial charge in [0.1, 0.15) is 5.92 Å². The molecule has 15 heavy (non-hydrogen) atoms. The van der Waals surface area contributed by atoms with Crippen molar-refractivity contribution in [3.63, 3.8) is 0 Å². The van der Waals surface area contributed by atoms with Gasteiger partial charge in [-0.1, -0.05) is 6.92 Å². The van der Waals surface area contributed by atoms with E-state index in [1.807, 2.05) is 19.9 Å². The summed E-state index contributed by atoms with van der Waals surface area (Å²) in [5, 5.41) is 11.4. The molecule has 4 nitrogen and oxygen atoms in total.